The van der Waals surface area contributed by atoms with Gasteiger partial charge in [0.15, 0.2) is 0 Å². The minimum Gasteiger partial charge on any atom is -0.480 e. The molecule has 2 fully saturated rings. The second-order valence-corrected chi connectivity index (χ2v) is 5.41. The fraction of sp³-hybridized carbons (Fsp3) is 0.750. The van der Waals surface area contributed by atoms with Crippen LogP contribution in [0.15, 0.2) is 0 Å². The maximum atomic E-state index is 11.4. The fourth-order valence-corrected chi connectivity index (χ4v) is 3.14. The number of aliphatic carboxylic acids is 1. The van der Waals surface area contributed by atoms with Crippen molar-refractivity contribution in [1.29, 1.82) is 0 Å². The second-order valence-electron chi connectivity index (χ2n) is 3.67. The maximum Gasteiger partial charge on any atom is 0.327 e. The number of carboxylic acid groups (broad SMARTS) is 1. The van der Waals surface area contributed by atoms with E-state index in [0.29, 0.717) is 0 Å². The normalized spacial score (nSPS) is 41.7. The molecular formula is C8H11NO3S. The average molecular weight is 203 g/mol. The van der Waals surface area contributed by atoms with Gasteiger partial charge in [-0.05, 0) is 13.8 Å². The third kappa shape index (κ3) is 1.06. The molecule has 0 spiro atoms. The van der Waals surface area contributed by atoms with Crippen molar-refractivity contribution in [3.63, 3.8) is 0 Å². The lowest BCUT2D eigenvalue weighted by Gasteiger charge is -2.36. The van der Waals surface area contributed by atoms with Crippen molar-refractivity contribution in [3.05, 3.63) is 0 Å². The molecule has 0 aromatic heterocycles. The molecule has 2 saturated heterocycles. The lowest BCUT2D eigenvalue weighted by atomic mass is 9.98. The van der Waals surface area contributed by atoms with Gasteiger partial charge >= 0.3 is 5.97 Å². The summed E-state index contributed by atoms with van der Waals surface area (Å²) in [6.07, 6.45) is -1.91. The van der Waals surface area contributed by atoms with E-state index in [1.54, 1.807) is 13.8 Å². The Morgan fingerprint density at radius 3 is 3.00 bits per heavy atom. The van der Waals surface area contributed by atoms with Crippen molar-refractivity contribution >= 4 is 23.6 Å². The monoisotopic (exact) mass is 203 g/mol. The van der Waals surface area contributed by atoms with Crippen LogP contribution in [0, 0.1) is 0 Å². The topological polar surface area (TPSA) is 57.6 Å². The molecule has 2 atom stereocenters. The third-order valence-electron chi connectivity index (χ3n) is 2.32. The van der Waals surface area contributed by atoms with Gasteiger partial charge in [0.05, 0.1) is 11.7 Å². The summed E-state index contributed by atoms with van der Waals surface area (Å²) < 4.78 is 14.3. The Kier molecular flexibility index (Phi) is 1.24. The molecule has 2 unspecified atom stereocenters. The summed E-state index contributed by atoms with van der Waals surface area (Å²) in [6.45, 7) is 3.44. The van der Waals surface area contributed by atoms with Crippen LogP contribution in [-0.4, -0.2) is 38.0 Å². The first kappa shape index (κ1) is 6.70. The van der Waals surface area contributed by atoms with Crippen LogP contribution in [0.4, 0.5) is 0 Å². The number of fused-ring (bicyclic) bond motifs is 1. The summed E-state index contributed by atoms with van der Waals surface area (Å²) in [7, 11) is 0. The van der Waals surface area contributed by atoms with E-state index in [9.17, 15) is 9.59 Å². The second kappa shape index (κ2) is 2.41. The minimum atomic E-state index is -1.91. The Morgan fingerprint density at radius 2 is 2.46 bits per heavy atom. The molecule has 2 rings (SSSR count). The van der Waals surface area contributed by atoms with E-state index in [0.717, 1.165) is 4.90 Å². The lowest BCUT2D eigenvalue weighted by molar-refractivity contribution is -0.157. The van der Waals surface area contributed by atoms with E-state index in [4.69, 9.17) is 7.85 Å². The van der Waals surface area contributed by atoms with Gasteiger partial charge in [-0.2, -0.15) is 0 Å². The van der Waals surface area contributed by atoms with Gasteiger partial charge in [-0.3, -0.25) is 4.79 Å². The highest BCUT2D eigenvalue weighted by Crippen LogP contribution is 2.50. The first-order valence-corrected chi connectivity index (χ1v) is 4.81. The number of carbonyl (C=O) groups excluding carboxylic acids is 1. The number of hydrogen-bond donors (Lipinski definition) is 1. The number of hydrogen-bond acceptors (Lipinski definition) is 3. The van der Waals surface area contributed by atoms with Crippen LogP contribution in [0.5, 0.6) is 0 Å². The van der Waals surface area contributed by atoms with Crippen molar-refractivity contribution in [2.75, 3.05) is 0 Å². The molecule has 0 aliphatic carbocycles. The zero-order valence-corrected chi connectivity index (χ0v) is 8.09. The molecule has 2 aliphatic rings. The smallest absolute Gasteiger partial charge is 0.327 e. The molecule has 4 nitrogen and oxygen atoms in total. The third-order valence-corrected chi connectivity index (χ3v) is 3.72. The van der Waals surface area contributed by atoms with Gasteiger partial charge in [-0.1, -0.05) is 0 Å². The van der Waals surface area contributed by atoms with E-state index in [1.807, 2.05) is 0 Å². The molecule has 1 N–H and O–H groups in total. The first-order chi connectivity index (χ1) is 6.69. The number of β-lactam (4-membered cyclic amide) rings is 1. The van der Waals surface area contributed by atoms with E-state index in [1.165, 1.54) is 11.8 Å². The number of carbonyl (C=O) groups is 2. The minimum absolute atomic E-state index is 0.643. The number of rotatable bonds is 1. The van der Waals surface area contributed by atoms with Crippen LogP contribution in [0.2, 0.25) is 0 Å². The Hall–Kier alpha value is -0.710. The maximum absolute atomic E-state index is 11.4. The van der Waals surface area contributed by atoms with Crippen LogP contribution in [0.25, 0.3) is 0 Å². The van der Waals surface area contributed by atoms with Crippen LogP contribution in [0.3, 0.4) is 0 Å². The number of carboxylic acids is 1. The summed E-state index contributed by atoms with van der Waals surface area (Å²) in [6, 6.07) is -0.927. The van der Waals surface area contributed by atoms with Crippen molar-refractivity contribution in [2.45, 2.75) is 36.4 Å². The molecule has 2 aliphatic heterocycles. The van der Waals surface area contributed by atoms with Crippen LogP contribution < -0.4 is 0 Å². The van der Waals surface area contributed by atoms with Gasteiger partial charge in [0.25, 0.3) is 0 Å². The Morgan fingerprint density at radius 1 is 1.85 bits per heavy atom. The number of nitrogens with zero attached hydrogens (tertiary/aromatic N) is 1. The van der Waals surface area contributed by atoms with Crippen LogP contribution in [-0.2, 0) is 9.59 Å². The van der Waals surface area contributed by atoms with Gasteiger partial charge in [0.1, 0.15) is 6.04 Å². The quantitative estimate of drug-likeness (QED) is 0.631. The predicted molar refractivity (Wildman–Crippen MR) is 48.3 cm³/mol. The van der Waals surface area contributed by atoms with E-state index in [2.05, 4.69) is 0 Å². The molecule has 5 heteroatoms. The standard InChI is InChI=1S/C8H11NO3S/c1-8(2)6(7(11)12)9-4(10)3-5(9)13-8/h5-6H,3H2,1-2H3,(H,11,12)/i3D2. The molecule has 13 heavy (non-hydrogen) atoms. The Bertz CT molecular complexity index is 358. The zero-order valence-electron chi connectivity index (χ0n) is 9.27. The summed E-state index contributed by atoms with van der Waals surface area (Å²) in [5.41, 5.74) is 0. The lowest BCUT2D eigenvalue weighted by Crippen LogP contribution is -2.56. The molecule has 72 valence electrons. The summed E-state index contributed by atoms with van der Waals surface area (Å²) in [5, 5.41) is 8.38. The molecule has 1 amide bonds. The summed E-state index contributed by atoms with van der Waals surface area (Å²) >= 11 is 1.21. The highest BCUT2D eigenvalue weighted by molar-refractivity contribution is 8.01. The van der Waals surface area contributed by atoms with Crippen molar-refractivity contribution < 1.29 is 17.4 Å². The van der Waals surface area contributed by atoms with Gasteiger partial charge in [0, 0.05) is 7.49 Å². The van der Waals surface area contributed by atoms with Crippen LogP contribution in [0.1, 0.15) is 23.0 Å². The van der Waals surface area contributed by atoms with Gasteiger partial charge < -0.3 is 10.0 Å². The molecular weight excluding hydrogens is 190 g/mol. The average Bonchev–Trinajstić information content (AvgIpc) is 2.35. The molecule has 0 aromatic carbocycles. The van der Waals surface area contributed by atoms with E-state index >= 15 is 0 Å². The number of thioether (sulfide) groups is 1. The van der Waals surface area contributed by atoms with Gasteiger partial charge in [-0.25, -0.2) is 4.79 Å². The first-order valence-electron chi connectivity index (χ1n) is 4.93. The zero-order chi connectivity index (χ0) is 11.6. The highest BCUT2D eigenvalue weighted by atomic mass is 32.2. The predicted octanol–water partition coefficient (Wildman–Crippen LogP) is 0.523. The Labute approximate surface area is 83.1 Å². The molecule has 0 aromatic rings. The fourth-order valence-electron chi connectivity index (χ4n) is 1.73. The van der Waals surface area contributed by atoms with Crippen LogP contribution >= 0.6 is 11.8 Å². The van der Waals surface area contributed by atoms with E-state index < -0.39 is 34.4 Å². The largest absolute Gasteiger partial charge is 0.480 e. The summed E-state index contributed by atoms with van der Waals surface area (Å²) in [5.74, 6) is -1.78. The molecule has 0 radical (unpaired) electrons. The highest BCUT2D eigenvalue weighted by Gasteiger charge is 2.58. The van der Waals surface area contributed by atoms with E-state index in [-0.39, 0.29) is 0 Å². The van der Waals surface area contributed by atoms with Crippen molar-refractivity contribution in [2.24, 2.45) is 0 Å². The molecule has 0 bridgehead atoms. The van der Waals surface area contributed by atoms with Crippen molar-refractivity contribution in [3.8, 4) is 0 Å². The Balaban J connectivity index is 2.37. The van der Waals surface area contributed by atoms with Gasteiger partial charge in [-0.15, -0.1) is 11.8 Å². The number of amides is 1. The summed E-state index contributed by atoms with van der Waals surface area (Å²) in [4.78, 5) is 23.6. The SMILES string of the molecule is [2H]C1([2H])C(=O)N2C(C(=O)O)C(C)(C)SC21. The molecule has 0 saturated carbocycles. The van der Waals surface area contributed by atoms with Crippen molar-refractivity contribution in [1.82, 2.24) is 4.90 Å². The molecule has 2 heterocycles. The van der Waals surface area contributed by atoms with Gasteiger partial charge in [0.2, 0.25) is 5.91 Å².